The quantitative estimate of drug-likeness (QED) is 0.123. The summed E-state index contributed by atoms with van der Waals surface area (Å²) in [6.45, 7) is 2.61. The monoisotopic (exact) mass is 709 g/mol. The Morgan fingerprint density at radius 3 is 2.00 bits per heavy atom. The number of halogens is 2. The maximum absolute atomic E-state index is 11.5. The van der Waals surface area contributed by atoms with Crippen molar-refractivity contribution < 1.29 is 14.3 Å². The Bertz CT molecular complexity index is 2070. The Labute approximate surface area is 300 Å². The number of nitrogens with one attached hydrogen (secondary N) is 4. The molecule has 2 aliphatic rings. The summed E-state index contributed by atoms with van der Waals surface area (Å²) in [4.78, 5) is 37.2. The van der Waals surface area contributed by atoms with Crippen molar-refractivity contribution in [3.05, 3.63) is 94.2 Å². The number of benzene rings is 2. The molecule has 256 valence electrons. The molecule has 4 N–H and O–H groups in total. The summed E-state index contributed by atoms with van der Waals surface area (Å²) in [5.41, 5.74) is 7.22. The summed E-state index contributed by atoms with van der Waals surface area (Å²) in [6, 6.07) is 19.9. The summed E-state index contributed by atoms with van der Waals surface area (Å²) >= 11 is 14.2. The van der Waals surface area contributed by atoms with Crippen molar-refractivity contribution in [2.45, 2.75) is 50.9 Å². The molecular weight excluding hydrogens is 673 g/mol. The van der Waals surface area contributed by atoms with Crippen LogP contribution in [0.25, 0.3) is 44.5 Å². The number of carbonyl (C=O) groups is 2. The number of fused-ring (bicyclic) bond motifs is 1. The molecule has 2 amide bonds. The molecule has 10 nitrogen and oxygen atoms in total. The molecular formula is C38H37Cl2N7O3. The van der Waals surface area contributed by atoms with Crippen LogP contribution in [-0.2, 0) is 22.7 Å². The zero-order valence-electron chi connectivity index (χ0n) is 27.6. The number of hydrogen-bond donors (Lipinski definition) is 4. The average Bonchev–Trinajstić information content (AvgIpc) is 3.75. The highest BCUT2D eigenvalue weighted by Crippen LogP contribution is 2.42. The van der Waals surface area contributed by atoms with Crippen LogP contribution in [0.2, 0.25) is 10.0 Å². The Balaban J connectivity index is 1.08. The van der Waals surface area contributed by atoms with E-state index >= 15 is 0 Å². The van der Waals surface area contributed by atoms with Crippen molar-refractivity contribution in [3.8, 4) is 39.5 Å². The van der Waals surface area contributed by atoms with Crippen LogP contribution in [-0.4, -0.2) is 59.0 Å². The highest BCUT2D eigenvalue weighted by Gasteiger charge is 2.22. The van der Waals surface area contributed by atoms with Crippen molar-refractivity contribution in [1.29, 1.82) is 0 Å². The predicted octanol–water partition coefficient (Wildman–Crippen LogP) is 6.08. The molecule has 2 fully saturated rings. The molecule has 7 rings (SSSR count). The van der Waals surface area contributed by atoms with Crippen LogP contribution >= 0.6 is 23.2 Å². The molecule has 5 aromatic rings. The zero-order chi connectivity index (χ0) is 34.6. The molecule has 2 aromatic carbocycles. The standard InChI is InChI=1S/C38H37Cl2N7O3/c1-50-38-23(18-42-21-26-10-13-35(49)46-26)8-11-31(47-38)29-6-2-4-27(36(29)39)28-5-3-7-30(37(28)40)33-15-32-24(19-44-33)14-22(17-43-32)16-41-20-25-9-12-34(48)45-25/h2-8,11,14-15,17,19,25-26,41-42H,9-10,12-13,16,18,20-21H2,1H3,(H,45,48)(H,46,49)/t25-,26+/m1/s1. The van der Waals surface area contributed by atoms with Crippen LogP contribution < -0.4 is 26.0 Å². The van der Waals surface area contributed by atoms with Crippen LogP contribution in [0.5, 0.6) is 5.88 Å². The Kier molecular flexibility index (Phi) is 10.2. The SMILES string of the molecule is COc1nc(-c2cccc(-c3cccc(-c4cc5ncc(CNC[C@H]6CCC(=O)N6)cc5cn4)c3Cl)c2Cl)ccc1CNC[C@@H]1CCC(=O)N1. The fourth-order valence-electron chi connectivity index (χ4n) is 6.55. The second-order valence-corrected chi connectivity index (χ2v) is 13.4. The lowest BCUT2D eigenvalue weighted by atomic mass is 9.98. The molecule has 0 spiro atoms. The van der Waals surface area contributed by atoms with Crippen LogP contribution in [0, 0.1) is 0 Å². The first-order chi connectivity index (χ1) is 24.4. The summed E-state index contributed by atoms with van der Waals surface area (Å²) in [5, 5.41) is 14.7. The van der Waals surface area contributed by atoms with Gasteiger partial charge in [-0.15, -0.1) is 0 Å². The van der Waals surface area contributed by atoms with Gasteiger partial charge in [-0.3, -0.25) is 19.6 Å². The van der Waals surface area contributed by atoms with Gasteiger partial charge in [0.15, 0.2) is 0 Å². The van der Waals surface area contributed by atoms with Crippen LogP contribution in [0.15, 0.2) is 73.1 Å². The number of carbonyl (C=O) groups excluding carboxylic acids is 2. The van der Waals surface area contributed by atoms with Crippen molar-refractivity contribution in [2.24, 2.45) is 0 Å². The first-order valence-electron chi connectivity index (χ1n) is 16.7. The molecule has 0 unspecified atom stereocenters. The number of amides is 2. The minimum Gasteiger partial charge on any atom is -0.481 e. The summed E-state index contributed by atoms with van der Waals surface area (Å²) < 4.78 is 5.65. The molecule has 50 heavy (non-hydrogen) atoms. The molecule has 0 aliphatic carbocycles. The molecule has 12 heteroatoms. The maximum Gasteiger partial charge on any atom is 0.220 e. The molecule has 0 radical (unpaired) electrons. The van der Waals surface area contributed by atoms with E-state index in [2.05, 4.69) is 27.3 Å². The summed E-state index contributed by atoms with van der Waals surface area (Å²) in [7, 11) is 1.60. The van der Waals surface area contributed by atoms with Gasteiger partial charge in [0.05, 0.1) is 34.1 Å². The number of ether oxygens (including phenoxy) is 1. The Hall–Kier alpha value is -4.61. The average molecular weight is 711 g/mol. The van der Waals surface area contributed by atoms with Gasteiger partial charge in [0, 0.05) is 96.7 Å². The van der Waals surface area contributed by atoms with Gasteiger partial charge in [-0.1, -0.05) is 65.7 Å². The third-order valence-electron chi connectivity index (χ3n) is 9.19. The van der Waals surface area contributed by atoms with Gasteiger partial charge < -0.3 is 26.0 Å². The van der Waals surface area contributed by atoms with Gasteiger partial charge >= 0.3 is 0 Å². The minimum atomic E-state index is 0.0999. The first-order valence-corrected chi connectivity index (χ1v) is 17.5. The lowest BCUT2D eigenvalue weighted by Crippen LogP contribution is -2.35. The second kappa shape index (κ2) is 15.1. The van der Waals surface area contributed by atoms with E-state index in [0.717, 1.165) is 63.7 Å². The Morgan fingerprint density at radius 2 is 1.38 bits per heavy atom. The molecule has 2 aliphatic heterocycles. The van der Waals surface area contributed by atoms with Crippen LogP contribution in [0.4, 0.5) is 0 Å². The second-order valence-electron chi connectivity index (χ2n) is 12.7. The third kappa shape index (κ3) is 7.44. The number of methoxy groups -OCH3 is 1. The van der Waals surface area contributed by atoms with Crippen molar-refractivity contribution in [3.63, 3.8) is 0 Å². The molecule has 5 heterocycles. The molecule has 3 aromatic heterocycles. The van der Waals surface area contributed by atoms with E-state index in [0.29, 0.717) is 59.8 Å². The van der Waals surface area contributed by atoms with E-state index in [-0.39, 0.29) is 23.9 Å². The normalized spacial score (nSPS) is 17.3. The van der Waals surface area contributed by atoms with Gasteiger partial charge in [-0.2, -0.15) is 0 Å². The van der Waals surface area contributed by atoms with Crippen molar-refractivity contribution in [2.75, 3.05) is 20.2 Å². The third-order valence-corrected chi connectivity index (χ3v) is 10.0. The maximum atomic E-state index is 11.5. The van der Waals surface area contributed by atoms with E-state index in [9.17, 15) is 9.59 Å². The molecule has 2 saturated heterocycles. The number of rotatable bonds is 12. The zero-order valence-corrected chi connectivity index (χ0v) is 29.1. The van der Waals surface area contributed by atoms with Crippen molar-refractivity contribution >= 4 is 45.9 Å². The first kappa shape index (κ1) is 33.9. The number of hydrogen-bond acceptors (Lipinski definition) is 8. The fourth-order valence-corrected chi connectivity index (χ4v) is 7.20. The van der Waals surface area contributed by atoms with Gasteiger partial charge in [0.25, 0.3) is 0 Å². The molecule has 0 saturated carbocycles. The van der Waals surface area contributed by atoms with E-state index < -0.39 is 0 Å². The summed E-state index contributed by atoms with van der Waals surface area (Å²) in [5.74, 6) is 0.722. The topological polar surface area (TPSA) is 130 Å². The van der Waals surface area contributed by atoms with E-state index in [1.807, 2.05) is 67.0 Å². The van der Waals surface area contributed by atoms with E-state index in [1.54, 1.807) is 7.11 Å². The highest BCUT2D eigenvalue weighted by atomic mass is 35.5. The van der Waals surface area contributed by atoms with Gasteiger partial charge in [0.1, 0.15) is 0 Å². The lowest BCUT2D eigenvalue weighted by molar-refractivity contribution is -0.120. The van der Waals surface area contributed by atoms with Crippen LogP contribution in [0.1, 0.15) is 36.8 Å². The summed E-state index contributed by atoms with van der Waals surface area (Å²) in [6.07, 6.45) is 6.54. The van der Waals surface area contributed by atoms with E-state index in [4.69, 9.17) is 42.9 Å². The van der Waals surface area contributed by atoms with Crippen LogP contribution in [0.3, 0.4) is 0 Å². The van der Waals surface area contributed by atoms with Crippen molar-refractivity contribution in [1.82, 2.24) is 36.2 Å². The number of nitrogens with zero attached hydrogens (tertiary/aromatic N) is 3. The number of aromatic nitrogens is 3. The lowest BCUT2D eigenvalue weighted by Gasteiger charge is -2.15. The fraction of sp³-hybridized carbons (Fsp3) is 0.289. The molecule has 0 bridgehead atoms. The predicted molar refractivity (Wildman–Crippen MR) is 196 cm³/mol. The Morgan fingerprint density at radius 1 is 0.760 bits per heavy atom. The largest absolute Gasteiger partial charge is 0.481 e. The van der Waals surface area contributed by atoms with Gasteiger partial charge in [-0.25, -0.2) is 4.98 Å². The highest BCUT2D eigenvalue weighted by molar-refractivity contribution is 6.39. The van der Waals surface area contributed by atoms with Gasteiger partial charge in [-0.05, 0) is 36.6 Å². The smallest absolute Gasteiger partial charge is 0.220 e. The number of pyridine rings is 3. The van der Waals surface area contributed by atoms with E-state index in [1.165, 1.54) is 0 Å². The molecule has 2 atom stereocenters. The minimum absolute atomic E-state index is 0.0999. The van der Waals surface area contributed by atoms with Gasteiger partial charge in [0.2, 0.25) is 17.7 Å².